The second kappa shape index (κ2) is 21.0. The zero-order chi connectivity index (χ0) is 44.8. The Labute approximate surface area is 353 Å². The standard InChI is InChI=1S/C15H20N4.C15H17N3O2.C14H14N4O4/c16-12-6-1-3-8-14(12)18-10-5-11-19-15-9-4-2-7-13(15)17;1-9-3-5-11(12(16)7-9)15(19)18-14-6-4-10(20-2)8-13(14)17;1-7-3-9(13(17(19)20)5-11(7)15)10-4-8(2)12(16)6-14(10)18(21)22/h1-4,6-9,18-19H,5,10-11,16-17H2;3-8H,16-17H2,1-2H3,(H,18,19);3-6H,15-16H2,1-2H3. The van der Waals surface area contributed by atoms with Gasteiger partial charge in [-0.05, 0) is 105 Å². The first-order valence-corrected chi connectivity index (χ1v) is 18.9. The van der Waals surface area contributed by atoms with E-state index in [0.29, 0.717) is 39.5 Å². The van der Waals surface area contributed by atoms with Gasteiger partial charge in [0.05, 0.1) is 67.8 Å². The summed E-state index contributed by atoms with van der Waals surface area (Å²) in [5, 5.41) is 31.9. The van der Waals surface area contributed by atoms with Crippen LogP contribution in [-0.4, -0.2) is 36.0 Å². The van der Waals surface area contributed by atoms with Crippen LogP contribution in [0.25, 0.3) is 11.1 Å². The SMILES string of the molecule is COc1ccc(NC(=O)c2ccc(C)cc2N)c(N)c1.Cc1cc(-c2cc(C)c(N)cc2[N+](=O)[O-])c([N+](=O)[O-])cc1N.Nc1ccccc1NCCCNc1ccccc1N. The van der Waals surface area contributed by atoms with Gasteiger partial charge in [0.2, 0.25) is 0 Å². The van der Waals surface area contributed by atoms with Crippen molar-refractivity contribution in [2.45, 2.75) is 27.2 Å². The molecule has 0 aliphatic carbocycles. The number of nitro benzene ring substituents is 2. The number of hydrogen-bond acceptors (Lipinski definition) is 14. The lowest BCUT2D eigenvalue weighted by Crippen LogP contribution is -2.15. The van der Waals surface area contributed by atoms with Crippen molar-refractivity contribution in [2.24, 2.45) is 0 Å². The Hall–Kier alpha value is -8.21. The number of nitrogens with zero attached hydrogens (tertiary/aromatic N) is 2. The fourth-order valence-corrected chi connectivity index (χ4v) is 5.87. The third-order valence-electron chi connectivity index (χ3n) is 9.32. The second-order valence-electron chi connectivity index (χ2n) is 13.8. The maximum atomic E-state index is 12.2. The first-order chi connectivity index (χ1) is 29.0. The zero-order valence-corrected chi connectivity index (χ0v) is 34.3. The molecule has 17 heteroatoms. The molecule has 61 heavy (non-hydrogen) atoms. The highest BCUT2D eigenvalue weighted by molar-refractivity contribution is 6.09. The molecule has 0 unspecified atom stereocenters. The summed E-state index contributed by atoms with van der Waals surface area (Å²) in [5.74, 6) is 0.342. The van der Waals surface area contributed by atoms with Gasteiger partial charge < -0.3 is 55.1 Å². The molecular formula is C44H51N11O6. The molecule has 1 amide bonds. The maximum absolute atomic E-state index is 12.2. The smallest absolute Gasteiger partial charge is 0.279 e. The number of aryl methyl sites for hydroxylation is 3. The summed E-state index contributed by atoms with van der Waals surface area (Å²) in [6.45, 7) is 7.01. The molecule has 0 bridgehead atoms. The Bertz CT molecular complexity index is 2420. The average Bonchev–Trinajstić information content (AvgIpc) is 3.21. The number of nitro groups is 2. The van der Waals surface area contributed by atoms with E-state index >= 15 is 0 Å². The molecule has 0 heterocycles. The molecule has 6 rings (SSSR count). The van der Waals surface area contributed by atoms with Gasteiger partial charge >= 0.3 is 0 Å². The minimum atomic E-state index is -0.611. The highest BCUT2D eigenvalue weighted by Crippen LogP contribution is 2.40. The predicted molar refractivity (Wildman–Crippen MR) is 248 cm³/mol. The Morgan fingerprint density at radius 3 is 1.49 bits per heavy atom. The summed E-state index contributed by atoms with van der Waals surface area (Å²) in [5.41, 5.74) is 42.6. The first-order valence-electron chi connectivity index (χ1n) is 18.9. The van der Waals surface area contributed by atoms with Gasteiger partial charge in [-0.1, -0.05) is 30.3 Å². The second-order valence-corrected chi connectivity index (χ2v) is 13.8. The van der Waals surface area contributed by atoms with Crippen LogP contribution in [0.2, 0.25) is 0 Å². The highest BCUT2D eigenvalue weighted by atomic mass is 16.6. The van der Waals surface area contributed by atoms with Gasteiger partial charge in [-0.15, -0.1) is 0 Å². The Balaban J connectivity index is 0.000000202. The average molecular weight is 830 g/mol. The molecule has 0 fully saturated rings. The van der Waals surface area contributed by atoms with Crippen molar-refractivity contribution in [1.29, 1.82) is 0 Å². The largest absolute Gasteiger partial charge is 0.497 e. The molecule has 0 radical (unpaired) electrons. The lowest BCUT2D eigenvalue weighted by molar-refractivity contribution is -0.386. The summed E-state index contributed by atoms with van der Waals surface area (Å²) < 4.78 is 5.06. The molecule has 0 saturated carbocycles. The van der Waals surface area contributed by atoms with E-state index < -0.39 is 9.85 Å². The maximum Gasteiger partial charge on any atom is 0.279 e. The van der Waals surface area contributed by atoms with Crippen LogP contribution >= 0.6 is 0 Å². The number of nitrogens with one attached hydrogen (secondary N) is 3. The van der Waals surface area contributed by atoms with Crippen LogP contribution in [0.1, 0.15) is 33.5 Å². The number of amides is 1. The van der Waals surface area contributed by atoms with Crippen molar-refractivity contribution >= 4 is 68.5 Å². The zero-order valence-electron chi connectivity index (χ0n) is 34.3. The van der Waals surface area contributed by atoms with Crippen molar-refractivity contribution in [3.8, 4) is 16.9 Å². The highest BCUT2D eigenvalue weighted by Gasteiger charge is 2.25. The fourth-order valence-electron chi connectivity index (χ4n) is 5.87. The van der Waals surface area contributed by atoms with Crippen molar-refractivity contribution in [3.63, 3.8) is 0 Å². The van der Waals surface area contributed by atoms with Gasteiger partial charge in [-0.25, -0.2) is 0 Å². The third kappa shape index (κ3) is 12.4. The van der Waals surface area contributed by atoms with Crippen LogP contribution in [0.15, 0.2) is 109 Å². The van der Waals surface area contributed by atoms with E-state index in [1.807, 2.05) is 61.5 Å². The number of nitrogen functional groups attached to an aromatic ring is 6. The predicted octanol–water partition coefficient (Wildman–Crippen LogP) is 8.14. The van der Waals surface area contributed by atoms with Crippen LogP contribution in [0, 0.1) is 41.0 Å². The molecule has 0 aliphatic rings. The number of anilines is 9. The Morgan fingerprint density at radius 1 is 0.574 bits per heavy atom. The van der Waals surface area contributed by atoms with Crippen LogP contribution in [0.4, 0.5) is 62.6 Å². The molecule has 15 N–H and O–H groups in total. The first kappa shape index (κ1) is 45.5. The molecule has 0 saturated heterocycles. The van der Waals surface area contributed by atoms with Gasteiger partial charge in [0.15, 0.2) is 0 Å². The number of nitrogens with two attached hydrogens (primary N) is 6. The van der Waals surface area contributed by atoms with Gasteiger partial charge in [0.25, 0.3) is 17.3 Å². The third-order valence-corrected chi connectivity index (χ3v) is 9.32. The molecule has 0 aliphatic heterocycles. The number of carbonyl (C=O) groups is 1. The van der Waals surface area contributed by atoms with Gasteiger partial charge in [0.1, 0.15) is 5.75 Å². The monoisotopic (exact) mass is 829 g/mol. The molecule has 0 spiro atoms. The van der Waals surface area contributed by atoms with Crippen molar-refractivity contribution in [3.05, 3.63) is 152 Å². The van der Waals surface area contributed by atoms with Crippen LogP contribution in [0.5, 0.6) is 5.75 Å². The van der Waals surface area contributed by atoms with E-state index in [-0.39, 0.29) is 39.8 Å². The molecule has 0 atom stereocenters. The lowest BCUT2D eigenvalue weighted by atomic mass is 9.96. The number of ether oxygens (including phenoxy) is 1. The topological polar surface area (TPSA) is 305 Å². The van der Waals surface area contributed by atoms with E-state index in [2.05, 4.69) is 16.0 Å². The summed E-state index contributed by atoms with van der Waals surface area (Å²) in [6, 6.07) is 31.3. The number of para-hydroxylation sites is 4. The summed E-state index contributed by atoms with van der Waals surface area (Å²) in [4.78, 5) is 33.4. The van der Waals surface area contributed by atoms with Crippen LogP contribution < -0.4 is 55.1 Å². The van der Waals surface area contributed by atoms with Crippen molar-refractivity contribution in [1.82, 2.24) is 0 Å². The quantitative estimate of drug-likeness (QED) is 0.0243. The summed E-state index contributed by atoms with van der Waals surface area (Å²) in [6.07, 6.45) is 0.989. The van der Waals surface area contributed by atoms with E-state index in [4.69, 9.17) is 39.1 Å². The Morgan fingerprint density at radius 2 is 1.07 bits per heavy atom. The lowest BCUT2D eigenvalue weighted by Gasteiger charge is -2.11. The summed E-state index contributed by atoms with van der Waals surface area (Å²) >= 11 is 0. The van der Waals surface area contributed by atoms with E-state index in [1.165, 1.54) is 24.3 Å². The van der Waals surface area contributed by atoms with Gasteiger partial charge in [-0.2, -0.15) is 0 Å². The minimum Gasteiger partial charge on any atom is -0.497 e. The molecule has 0 aromatic heterocycles. The molecule has 6 aromatic carbocycles. The van der Waals surface area contributed by atoms with E-state index in [1.54, 1.807) is 51.3 Å². The van der Waals surface area contributed by atoms with Crippen molar-refractivity contribution < 1.29 is 19.4 Å². The number of carbonyl (C=O) groups excluding carboxylic acids is 1. The molecular weight excluding hydrogens is 779 g/mol. The number of hydrogen-bond donors (Lipinski definition) is 9. The Kier molecular flexibility index (Phi) is 15.6. The minimum absolute atomic E-state index is 0.145. The summed E-state index contributed by atoms with van der Waals surface area (Å²) in [7, 11) is 1.56. The van der Waals surface area contributed by atoms with Crippen molar-refractivity contribution in [2.75, 3.05) is 70.6 Å². The van der Waals surface area contributed by atoms with Crippen LogP contribution in [0.3, 0.4) is 0 Å². The van der Waals surface area contributed by atoms with E-state index in [9.17, 15) is 25.0 Å². The molecule has 17 nitrogen and oxygen atoms in total. The fraction of sp³-hybridized carbons (Fsp3) is 0.159. The van der Waals surface area contributed by atoms with E-state index in [0.717, 1.165) is 47.8 Å². The number of methoxy groups -OCH3 is 1. The van der Waals surface area contributed by atoms with Gasteiger partial charge in [-0.3, -0.25) is 25.0 Å². The normalized spacial score (nSPS) is 10.2. The number of rotatable bonds is 12. The van der Waals surface area contributed by atoms with Crippen LogP contribution in [-0.2, 0) is 0 Å². The molecule has 6 aromatic rings. The van der Waals surface area contributed by atoms with Gasteiger partial charge in [0, 0.05) is 48.4 Å². The molecule has 318 valence electrons. The number of benzene rings is 6.